The van der Waals surface area contributed by atoms with Crippen LogP contribution in [0.4, 0.5) is 0 Å². The number of likely N-dealkylation sites (tertiary alicyclic amines) is 1. The lowest BCUT2D eigenvalue weighted by atomic mass is 10.0. The Hall–Kier alpha value is -2.81. The highest BCUT2D eigenvalue weighted by molar-refractivity contribution is 8.13. The molecule has 0 saturated carbocycles. The summed E-state index contributed by atoms with van der Waals surface area (Å²) in [7, 11) is 0. The van der Waals surface area contributed by atoms with Crippen LogP contribution in [-0.4, -0.2) is 63.8 Å². The lowest BCUT2D eigenvalue weighted by Gasteiger charge is -2.28. The Morgan fingerprint density at radius 3 is 2.76 bits per heavy atom. The Morgan fingerprint density at radius 2 is 2.03 bits per heavy atom. The van der Waals surface area contributed by atoms with Gasteiger partial charge in [0.25, 0.3) is 0 Å². The summed E-state index contributed by atoms with van der Waals surface area (Å²) in [4.78, 5) is 54.8. The van der Waals surface area contributed by atoms with E-state index < -0.39 is 18.1 Å². The van der Waals surface area contributed by atoms with Crippen LogP contribution in [0.25, 0.3) is 10.9 Å². The zero-order valence-electron chi connectivity index (χ0n) is 19.3. The molecule has 1 aliphatic rings. The molecule has 178 valence electrons. The van der Waals surface area contributed by atoms with Crippen molar-refractivity contribution in [3.05, 3.63) is 36.0 Å². The number of H-pyrrole nitrogens is 1. The van der Waals surface area contributed by atoms with Gasteiger partial charge in [-0.25, -0.2) is 4.79 Å². The largest absolute Gasteiger partial charge is 0.464 e. The maximum absolute atomic E-state index is 13.2. The molecule has 9 heteroatoms. The van der Waals surface area contributed by atoms with Crippen molar-refractivity contribution in [1.82, 2.24) is 15.2 Å². The minimum atomic E-state index is -0.861. The van der Waals surface area contributed by atoms with Crippen LogP contribution >= 0.6 is 11.8 Å². The van der Waals surface area contributed by atoms with E-state index in [1.165, 1.54) is 6.92 Å². The van der Waals surface area contributed by atoms with E-state index in [0.717, 1.165) is 28.2 Å². The van der Waals surface area contributed by atoms with E-state index in [2.05, 4.69) is 10.3 Å². The molecule has 33 heavy (non-hydrogen) atoms. The summed E-state index contributed by atoms with van der Waals surface area (Å²) in [5.41, 5.74) is 1.85. The van der Waals surface area contributed by atoms with Crippen LogP contribution in [0.3, 0.4) is 0 Å². The first-order valence-electron chi connectivity index (χ1n) is 11.3. The molecule has 8 nitrogen and oxygen atoms in total. The maximum Gasteiger partial charge on any atom is 0.328 e. The molecular formula is C24H31N3O5S. The molecule has 1 aromatic heterocycles. The maximum atomic E-state index is 13.2. The molecule has 1 aliphatic heterocycles. The lowest BCUT2D eigenvalue weighted by Crippen LogP contribution is -2.52. The second-order valence-corrected chi connectivity index (χ2v) is 9.47. The Morgan fingerprint density at radius 1 is 1.27 bits per heavy atom. The summed E-state index contributed by atoms with van der Waals surface area (Å²) in [6, 6.07) is 6.26. The van der Waals surface area contributed by atoms with E-state index >= 15 is 0 Å². The quantitative estimate of drug-likeness (QED) is 0.542. The van der Waals surface area contributed by atoms with Crippen LogP contribution in [0.5, 0.6) is 0 Å². The first kappa shape index (κ1) is 24.8. The molecule has 1 saturated heterocycles. The first-order valence-corrected chi connectivity index (χ1v) is 12.3. The van der Waals surface area contributed by atoms with Gasteiger partial charge in [-0.1, -0.05) is 36.9 Å². The van der Waals surface area contributed by atoms with E-state index in [-0.39, 0.29) is 35.9 Å². The molecular weight excluding hydrogens is 442 g/mol. The van der Waals surface area contributed by atoms with Crippen molar-refractivity contribution in [3.63, 3.8) is 0 Å². The number of thioether (sulfide) groups is 1. The van der Waals surface area contributed by atoms with Gasteiger partial charge in [0.15, 0.2) is 5.12 Å². The summed E-state index contributed by atoms with van der Waals surface area (Å²) in [5.74, 6) is -1.00. The number of amides is 2. The second-order valence-electron chi connectivity index (χ2n) is 8.27. The predicted octanol–water partition coefficient (Wildman–Crippen LogP) is 2.67. The van der Waals surface area contributed by atoms with Crippen molar-refractivity contribution in [2.24, 2.45) is 5.92 Å². The molecule has 2 amide bonds. The zero-order valence-corrected chi connectivity index (χ0v) is 20.1. The number of nitrogens with zero attached hydrogens (tertiary/aromatic N) is 1. The number of esters is 1. The number of para-hydroxylation sites is 1. The average Bonchev–Trinajstić information content (AvgIpc) is 3.44. The third-order valence-electron chi connectivity index (χ3n) is 5.78. The number of fused-ring (bicyclic) bond motifs is 1. The fourth-order valence-electron chi connectivity index (χ4n) is 4.12. The summed E-state index contributed by atoms with van der Waals surface area (Å²) in [5, 5.41) is 3.78. The summed E-state index contributed by atoms with van der Waals surface area (Å²) in [6.07, 6.45) is 3.36. The Bertz CT molecular complexity index is 1020. The molecule has 0 bridgehead atoms. The predicted molar refractivity (Wildman–Crippen MR) is 128 cm³/mol. The van der Waals surface area contributed by atoms with Crippen molar-refractivity contribution in [2.45, 2.75) is 52.1 Å². The molecule has 0 radical (unpaired) electrons. The fourth-order valence-corrected chi connectivity index (χ4v) is 4.75. The summed E-state index contributed by atoms with van der Waals surface area (Å²) >= 11 is 1.11. The van der Waals surface area contributed by atoms with Gasteiger partial charge in [0.1, 0.15) is 12.1 Å². The van der Waals surface area contributed by atoms with Gasteiger partial charge in [0, 0.05) is 48.7 Å². The number of aromatic nitrogens is 1. The average molecular weight is 474 g/mol. The highest BCUT2D eigenvalue weighted by Gasteiger charge is 2.37. The minimum Gasteiger partial charge on any atom is -0.464 e. The highest BCUT2D eigenvalue weighted by atomic mass is 32.2. The van der Waals surface area contributed by atoms with Gasteiger partial charge in [-0.2, -0.15) is 0 Å². The molecule has 1 fully saturated rings. The van der Waals surface area contributed by atoms with Crippen molar-refractivity contribution in [3.8, 4) is 0 Å². The van der Waals surface area contributed by atoms with Crippen molar-refractivity contribution < 1.29 is 23.9 Å². The van der Waals surface area contributed by atoms with Gasteiger partial charge < -0.3 is 19.9 Å². The summed E-state index contributed by atoms with van der Waals surface area (Å²) in [6.45, 7) is 5.65. The van der Waals surface area contributed by atoms with Crippen LogP contribution in [-0.2, 0) is 30.3 Å². The van der Waals surface area contributed by atoms with Crippen LogP contribution in [0.15, 0.2) is 30.5 Å². The Kier molecular flexibility index (Phi) is 8.55. The summed E-state index contributed by atoms with van der Waals surface area (Å²) < 4.78 is 5.22. The van der Waals surface area contributed by atoms with E-state index in [1.807, 2.05) is 30.5 Å². The molecule has 1 aromatic carbocycles. The lowest BCUT2D eigenvalue weighted by molar-refractivity contribution is -0.148. The van der Waals surface area contributed by atoms with Gasteiger partial charge >= 0.3 is 5.97 Å². The van der Waals surface area contributed by atoms with Gasteiger partial charge in [0.05, 0.1) is 6.61 Å². The van der Waals surface area contributed by atoms with Crippen molar-refractivity contribution in [1.29, 1.82) is 0 Å². The van der Waals surface area contributed by atoms with Gasteiger partial charge in [0.2, 0.25) is 11.8 Å². The highest BCUT2D eigenvalue weighted by Crippen LogP contribution is 2.23. The minimum absolute atomic E-state index is 0.0417. The van der Waals surface area contributed by atoms with Gasteiger partial charge in [-0.15, -0.1) is 0 Å². The number of benzene rings is 1. The number of rotatable bonds is 9. The number of hydrogen-bond acceptors (Lipinski definition) is 6. The Balaban J connectivity index is 1.72. The molecule has 2 N–H and O–H groups in total. The molecule has 3 atom stereocenters. The second kappa shape index (κ2) is 11.4. The number of aromatic amines is 1. The standard InChI is InChI=1S/C24H31N3O5S/c1-4-32-24(31)20(12-17-13-25-19-9-6-5-8-18(17)19)26-22(29)21-10-7-11-27(21)23(30)15(2)14-33-16(3)28/h5-6,8-9,13,15,20-21,25H,4,7,10-12,14H2,1-3H3,(H,26,29)/t15?,20-,21-/m0/s1. The van der Waals surface area contributed by atoms with E-state index in [4.69, 9.17) is 4.74 Å². The van der Waals surface area contributed by atoms with E-state index in [9.17, 15) is 19.2 Å². The molecule has 3 rings (SSSR count). The first-order chi connectivity index (χ1) is 15.8. The van der Waals surface area contributed by atoms with Crippen LogP contribution in [0.1, 0.15) is 39.2 Å². The number of hydrogen-bond donors (Lipinski definition) is 2. The number of nitrogens with one attached hydrogen (secondary N) is 2. The number of carbonyl (C=O) groups excluding carboxylic acids is 4. The monoisotopic (exact) mass is 473 g/mol. The van der Waals surface area contributed by atoms with Crippen LogP contribution < -0.4 is 5.32 Å². The number of ether oxygens (including phenoxy) is 1. The van der Waals surface area contributed by atoms with Crippen LogP contribution in [0.2, 0.25) is 0 Å². The normalized spacial score (nSPS) is 17.5. The molecule has 2 heterocycles. The smallest absolute Gasteiger partial charge is 0.328 e. The van der Waals surface area contributed by atoms with E-state index in [0.29, 0.717) is 25.1 Å². The SMILES string of the molecule is CCOC(=O)[C@H](Cc1c[nH]c2ccccc12)NC(=O)[C@@H]1CCCN1C(=O)C(C)CSC(C)=O. The third-order valence-corrected chi connectivity index (χ3v) is 6.86. The van der Waals surface area contributed by atoms with Crippen molar-refractivity contribution in [2.75, 3.05) is 18.9 Å². The topological polar surface area (TPSA) is 109 Å². The molecule has 2 aromatic rings. The van der Waals surface area contributed by atoms with Crippen LogP contribution in [0, 0.1) is 5.92 Å². The van der Waals surface area contributed by atoms with Gasteiger partial charge in [-0.05, 0) is 31.4 Å². The fraction of sp³-hybridized carbons (Fsp3) is 0.500. The Labute approximate surface area is 197 Å². The zero-order chi connectivity index (χ0) is 24.0. The van der Waals surface area contributed by atoms with Gasteiger partial charge in [-0.3, -0.25) is 14.4 Å². The third kappa shape index (κ3) is 6.16. The molecule has 0 aliphatic carbocycles. The van der Waals surface area contributed by atoms with E-state index in [1.54, 1.807) is 18.7 Å². The van der Waals surface area contributed by atoms with Crippen molar-refractivity contribution >= 4 is 45.6 Å². The molecule has 1 unspecified atom stereocenters. The number of carbonyl (C=O) groups is 4. The molecule has 0 spiro atoms.